The van der Waals surface area contributed by atoms with Gasteiger partial charge in [-0.1, -0.05) is 12.1 Å². The van der Waals surface area contributed by atoms with Gasteiger partial charge < -0.3 is 9.26 Å². The van der Waals surface area contributed by atoms with Crippen LogP contribution in [-0.4, -0.2) is 47.9 Å². The molecule has 0 saturated carbocycles. The quantitative estimate of drug-likeness (QED) is 0.578. The van der Waals surface area contributed by atoms with Gasteiger partial charge in [-0.05, 0) is 56.9 Å². The summed E-state index contributed by atoms with van der Waals surface area (Å²) < 4.78 is 40.1. The predicted molar refractivity (Wildman–Crippen MR) is 119 cm³/mol. The smallest absolute Gasteiger partial charge is 0.271 e. The molecule has 1 aromatic carbocycles. The Hall–Kier alpha value is -2.98. The number of aryl methyl sites for hydroxylation is 2. The fourth-order valence-electron chi connectivity index (χ4n) is 3.91. The van der Waals surface area contributed by atoms with Crippen molar-refractivity contribution in [3.05, 3.63) is 52.1 Å². The minimum absolute atomic E-state index is 0.0870. The molecule has 10 heteroatoms. The second kappa shape index (κ2) is 8.51. The van der Waals surface area contributed by atoms with Gasteiger partial charge in [0.2, 0.25) is 10.0 Å². The zero-order valence-corrected chi connectivity index (χ0v) is 19.3. The van der Waals surface area contributed by atoms with E-state index >= 15 is 0 Å². The molecule has 3 heterocycles. The van der Waals surface area contributed by atoms with Crippen LogP contribution in [0.5, 0.6) is 5.75 Å². The van der Waals surface area contributed by atoms with Gasteiger partial charge in [-0.3, -0.25) is 4.79 Å². The van der Waals surface area contributed by atoms with Crippen LogP contribution < -0.4 is 10.3 Å². The van der Waals surface area contributed by atoms with Crippen molar-refractivity contribution < 1.29 is 17.7 Å². The minimum Gasteiger partial charge on any atom is -0.495 e. The molecule has 4 rings (SSSR count). The average Bonchev–Trinajstić information content (AvgIpc) is 3.12. The molecule has 170 valence electrons. The number of piperidine rings is 1. The largest absolute Gasteiger partial charge is 0.495 e. The molecule has 2 aromatic heterocycles. The highest BCUT2D eigenvalue weighted by molar-refractivity contribution is 7.89. The third-order valence-corrected chi connectivity index (χ3v) is 7.75. The lowest BCUT2D eigenvalue weighted by Crippen LogP contribution is -2.38. The Morgan fingerprint density at radius 3 is 2.47 bits per heavy atom. The van der Waals surface area contributed by atoms with Crippen LogP contribution in [0.15, 0.2) is 44.5 Å². The Balaban J connectivity index is 1.80. The predicted octanol–water partition coefficient (Wildman–Crippen LogP) is 2.93. The normalized spacial score (nSPS) is 15.8. The molecule has 0 atom stereocenters. The van der Waals surface area contributed by atoms with Crippen LogP contribution in [0.25, 0.3) is 16.9 Å². The molecule has 0 amide bonds. The summed E-state index contributed by atoms with van der Waals surface area (Å²) in [6.07, 6.45) is 1.65. The van der Waals surface area contributed by atoms with Crippen LogP contribution in [0.1, 0.15) is 31.2 Å². The molecule has 0 bridgehead atoms. The van der Waals surface area contributed by atoms with Gasteiger partial charge in [-0.2, -0.15) is 14.1 Å². The van der Waals surface area contributed by atoms with E-state index in [2.05, 4.69) is 17.2 Å². The van der Waals surface area contributed by atoms with Crippen LogP contribution in [-0.2, 0) is 10.0 Å². The first kappa shape index (κ1) is 22.2. The van der Waals surface area contributed by atoms with Crippen LogP contribution >= 0.6 is 0 Å². The summed E-state index contributed by atoms with van der Waals surface area (Å²) in [6, 6.07) is 7.84. The maximum absolute atomic E-state index is 13.4. The van der Waals surface area contributed by atoms with Gasteiger partial charge in [0.05, 0.1) is 12.8 Å². The molecular formula is C22H26N4O5S. The maximum atomic E-state index is 13.4. The number of hydrogen-bond acceptors (Lipinski definition) is 7. The molecular weight excluding hydrogens is 432 g/mol. The highest BCUT2D eigenvalue weighted by atomic mass is 32.2. The van der Waals surface area contributed by atoms with Gasteiger partial charge in [0.15, 0.2) is 5.76 Å². The molecule has 1 saturated heterocycles. The summed E-state index contributed by atoms with van der Waals surface area (Å²) in [5.41, 5.74) is 1.66. The van der Waals surface area contributed by atoms with Crippen molar-refractivity contribution in [3.63, 3.8) is 0 Å². The van der Waals surface area contributed by atoms with E-state index in [1.54, 1.807) is 38.1 Å². The second-order valence-electron chi connectivity index (χ2n) is 8.09. The van der Waals surface area contributed by atoms with E-state index in [-0.39, 0.29) is 16.2 Å². The van der Waals surface area contributed by atoms with Gasteiger partial charge >= 0.3 is 0 Å². The van der Waals surface area contributed by atoms with Crippen LogP contribution in [0, 0.1) is 19.8 Å². The molecule has 9 nitrogen and oxygen atoms in total. The first-order valence-electron chi connectivity index (χ1n) is 10.4. The summed E-state index contributed by atoms with van der Waals surface area (Å²) >= 11 is 0. The molecule has 32 heavy (non-hydrogen) atoms. The Kier molecular flexibility index (Phi) is 5.91. The molecule has 0 aliphatic carbocycles. The SMILES string of the molecule is COc1ccc(-c2ccc(=O)n(-c3c(C)noc3C)n2)cc1S(=O)(=O)N1CCC(C)CC1. The molecule has 0 spiro atoms. The summed E-state index contributed by atoms with van der Waals surface area (Å²) in [5, 5.41) is 8.35. The number of rotatable bonds is 5. The first-order chi connectivity index (χ1) is 15.2. The average molecular weight is 459 g/mol. The first-order valence-corrected chi connectivity index (χ1v) is 11.9. The number of sulfonamides is 1. The highest BCUT2D eigenvalue weighted by Crippen LogP contribution is 2.33. The standard InChI is InChI=1S/C22H26N4O5S/c1-14-9-11-25(12-10-14)32(28,29)20-13-17(5-7-19(20)30-4)18-6-8-21(27)26(23-18)22-15(2)24-31-16(22)3/h5-8,13-14H,9-12H2,1-4H3. The van der Waals surface area contributed by atoms with Crippen molar-refractivity contribution in [1.82, 2.24) is 19.2 Å². The van der Waals surface area contributed by atoms with Crippen molar-refractivity contribution in [2.24, 2.45) is 5.92 Å². The van der Waals surface area contributed by atoms with Crippen molar-refractivity contribution >= 4 is 10.0 Å². The minimum atomic E-state index is -3.75. The Morgan fingerprint density at radius 2 is 1.84 bits per heavy atom. The van der Waals surface area contributed by atoms with Gasteiger partial charge in [-0.25, -0.2) is 8.42 Å². The summed E-state index contributed by atoms with van der Waals surface area (Å²) in [7, 11) is -2.30. The summed E-state index contributed by atoms with van der Waals surface area (Å²) in [5.74, 6) is 1.24. The molecule has 1 fully saturated rings. The van der Waals surface area contributed by atoms with E-state index in [1.807, 2.05) is 0 Å². The van der Waals surface area contributed by atoms with Crippen molar-refractivity contribution in [1.29, 1.82) is 0 Å². The second-order valence-corrected chi connectivity index (χ2v) is 10.00. The number of methoxy groups -OCH3 is 1. The third-order valence-electron chi connectivity index (χ3n) is 5.83. The van der Waals surface area contributed by atoms with E-state index in [9.17, 15) is 13.2 Å². The molecule has 0 N–H and O–H groups in total. The van der Waals surface area contributed by atoms with Crippen molar-refractivity contribution in [3.8, 4) is 22.7 Å². The Labute approximate surface area is 186 Å². The fourth-order valence-corrected chi connectivity index (χ4v) is 5.56. The van der Waals surface area contributed by atoms with Gasteiger partial charge in [0, 0.05) is 24.7 Å². The topological polar surface area (TPSA) is 108 Å². The van der Waals surface area contributed by atoms with Gasteiger partial charge in [-0.15, -0.1) is 0 Å². The molecule has 3 aromatic rings. The van der Waals surface area contributed by atoms with E-state index in [0.717, 1.165) is 12.8 Å². The van der Waals surface area contributed by atoms with E-state index < -0.39 is 10.0 Å². The van der Waals surface area contributed by atoms with Gasteiger partial charge in [0.25, 0.3) is 5.56 Å². The van der Waals surface area contributed by atoms with Crippen LogP contribution in [0.3, 0.4) is 0 Å². The lowest BCUT2D eigenvalue weighted by Gasteiger charge is -2.30. The lowest BCUT2D eigenvalue weighted by atomic mass is 10.0. The molecule has 1 aliphatic rings. The molecule has 0 radical (unpaired) electrons. The molecule has 1 aliphatic heterocycles. The van der Waals surface area contributed by atoms with E-state index in [4.69, 9.17) is 9.26 Å². The molecule has 0 unspecified atom stereocenters. The van der Waals surface area contributed by atoms with Crippen LogP contribution in [0.2, 0.25) is 0 Å². The van der Waals surface area contributed by atoms with Crippen molar-refractivity contribution in [2.45, 2.75) is 38.5 Å². The van der Waals surface area contributed by atoms with E-state index in [0.29, 0.717) is 47.4 Å². The zero-order chi connectivity index (χ0) is 23.0. The highest BCUT2D eigenvalue weighted by Gasteiger charge is 2.31. The van der Waals surface area contributed by atoms with Crippen LogP contribution in [0.4, 0.5) is 0 Å². The lowest BCUT2D eigenvalue weighted by molar-refractivity contribution is 0.287. The van der Waals surface area contributed by atoms with Crippen molar-refractivity contribution in [2.75, 3.05) is 20.2 Å². The number of aromatic nitrogens is 3. The summed E-state index contributed by atoms with van der Waals surface area (Å²) in [6.45, 7) is 6.51. The summed E-state index contributed by atoms with van der Waals surface area (Å²) in [4.78, 5) is 12.6. The fraction of sp³-hybridized carbons (Fsp3) is 0.409. The zero-order valence-electron chi connectivity index (χ0n) is 18.5. The number of nitrogens with zero attached hydrogens (tertiary/aromatic N) is 4. The number of benzene rings is 1. The van der Waals surface area contributed by atoms with Gasteiger partial charge in [0.1, 0.15) is 22.0 Å². The maximum Gasteiger partial charge on any atom is 0.271 e. The monoisotopic (exact) mass is 458 g/mol. The van der Waals surface area contributed by atoms with E-state index in [1.165, 1.54) is 22.2 Å². The Bertz CT molecular complexity index is 1280. The number of ether oxygens (including phenoxy) is 1. The third kappa shape index (κ3) is 3.95. The Morgan fingerprint density at radius 1 is 1.12 bits per heavy atom. The number of hydrogen-bond donors (Lipinski definition) is 0.